The summed E-state index contributed by atoms with van der Waals surface area (Å²) in [5.74, 6) is -0.448. The molecule has 7 heteroatoms. The van der Waals surface area contributed by atoms with Crippen LogP contribution in [-0.4, -0.2) is 53.6 Å². The molecular weight excluding hydrogens is 394 g/mol. The second kappa shape index (κ2) is 9.71. The van der Waals surface area contributed by atoms with Gasteiger partial charge in [-0.15, -0.1) is 0 Å². The molecule has 0 aromatic heterocycles. The highest BCUT2D eigenvalue weighted by Crippen LogP contribution is 2.37. The van der Waals surface area contributed by atoms with E-state index in [2.05, 4.69) is 31.4 Å². The smallest absolute Gasteiger partial charge is 0.408 e. The Hall–Kier alpha value is -2.57. The number of hydrogen-bond donors (Lipinski definition) is 2. The van der Waals surface area contributed by atoms with Crippen molar-refractivity contribution in [3.63, 3.8) is 0 Å². The fourth-order valence-electron chi connectivity index (χ4n) is 4.07. The molecule has 1 aromatic rings. The van der Waals surface area contributed by atoms with Gasteiger partial charge < -0.3 is 20.3 Å². The summed E-state index contributed by atoms with van der Waals surface area (Å²) < 4.78 is 5.41. The molecule has 31 heavy (non-hydrogen) atoms. The Labute approximate surface area is 185 Å². The number of hydrogen-bond acceptors (Lipinski definition) is 4. The lowest BCUT2D eigenvalue weighted by molar-refractivity contribution is -0.143. The zero-order valence-electron chi connectivity index (χ0n) is 19.8. The summed E-state index contributed by atoms with van der Waals surface area (Å²) >= 11 is 0. The van der Waals surface area contributed by atoms with E-state index in [4.69, 9.17) is 4.74 Å². The molecule has 2 rings (SSSR count). The lowest BCUT2D eigenvalue weighted by atomic mass is 9.85. The van der Waals surface area contributed by atoms with Crippen molar-refractivity contribution in [1.29, 1.82) is 0 Å². The van der Waals surface area contributed by atoms with Gasteiger partial charge in [-0.05, 0) is 44.6 Å². The lowest BCUT2D eigenvalue weighted by Crippen LogP contribution is -2.58. The maximum absolute atomic E-state index is 13.8. The summed E-state index contributed by atoms with van der Waals surface area (Å²) in [6, 6.07) is 8.02. The summed E-state index contributed by atoms with van der Waals surface area (Å²) in [4.78, 5) is 40.6. The van der Waals surface area contributed by atoms with Crippen LogP contribution < -0.4 is 10.6 Å². The minimum atomic E-state index is -0.840. The molecule has 1 aliphatic heterocycles. The number of alkyl carbamates (subject to hydrolysis) is 1. The van der Waals surface area contributed by atoms with Gasteiger partial charge in [0.15, 0.2) is 0 Å². The van der Waals surface area contributed by atoms with Crippen LogP contribution in [0.4, 0.5) is 4.79 Å². The predicted octanol–water partition coefficient (Wildman–Crippen LogP) is 3.27. The summed E-state index contributed by atoms with van der Waals surface area (Å²) in [6.45, 7) is 11.5. The van der Waals surface area contributed by atoms with Crippen LogP contribution in [0.15, 0.2) is 30.3 Å². The number of nitrogens with one attached hydrogen (secondary N) is 2. The van der Waals surface area contributed by atoms with Crippen LogP contribution >= 0.6 is 0 Å². The predicted molar refractivity (Wildman–Crippen MR) is 120 cm³/mol. The Morgan fingerprint density at radius 1 is 1.06 bits per heavy atom. The first-order valence-corrected chi connectivity index (χ1v) is 10.9. The molecule has 0 saturated carbocycles. The average Bonchev–Trinajstić information content (AvgIpc) is 3.11. The third kappa shape index (κ3) is 6.71. The molecule has 0 unspecified atom stereocenters. The van der Waals surface area contributed by atoms with Crippen molar-refractivity contribution >= 4 is 17.9 Å². The van der Waals surface area contributed by atoms with Crippen molar-refractivity contribution < 1.29 is 19.1 Å². The van der Waals surface area contributed by atoms with Gasteiger partial charge in [0.1, 0.15) is 17.7 Å². The van der Waals surface area contributed by atoms with Crippen LogP contribution in [0.25, 0.3) is 0 Å². The van der Waals surface area contributed by atoms with Crippen LogP contribution in [0, 0.1) is 5.41 Å². The van der Waals surface area contributed by atoms with Crippen molar-refractivity contribution in [3.05, 3.63) is 35.9 Å². The van der Waals surface area contributed by atoms with E-state index in [1.807, 2.05) is 30.3 Å². The number of ether oxygens (including phenoxy) is 1. The summed E-state index contributed by atoms with van der Waals surface area (Å²) in [5, 5.41) is 5.44. The highest BCUT2D eigenvalue weighted by atomic mass is 16.6. The van der Waals surface area contributed by atoms with Crippen molar-refractivity contribution in [2.24, 2.45) is 5.41 Å². The minimum Gasteiger partial charge on any atom is -0.444 e. The summed E-state index contributed by atoms with van der Waals surface area (Å²) in [5.41, 5.74) is 0.0260. The van der Waals surface area contributed by atoms with E-state index in [0.717, 1.165) is 12.0 Å². The molecule has 172 valence electrons. The molecule has 1 fully saturated rings. The first kappa shape index (κ1) is 24.7. The highest BCUT2D eigenvalue weighted by molar-refractivity contribution is 5.92. The summed E-state index contributed by atoms with van der Waals surface area (Å²) in [7, 11) is 1.58. The molecule has 1 saturated heterocycles. The molecule has 0 aliphatic carbocycles. The Bertz CT molecular complexity index is 780. The Morgan fingerprint density at radius 3 is 2.19 bits per heavy atom. The fraction of sp³-hybridized carbons (Fsp3) is 0.625. The van der Waals surface area contributed by atoms with Crippen molar-refractivity contribution in [2.45, 2.75) is 84.5 Å². The molecule has 7 nitrogen and oxygen atoms in total. The second-order valence-corrected chi connectivity index (χ2v) is 10.2. The van der Waals surface area contributed by atoms with E-state index in [1.54, 1.807) is 32.7 Å². The number of amides is 3. The van der Waals surface area contributed by atoms with E-state index in [1.165, 1.54) is 0 Å². The van der Waals surface area contributed by atoms with Gasteiger partial charge in [-0.3, -0.25) is 9.59 Å². The van der Waals surface area contributed by atoms with E-state index in [0.29, 0.717) is 12.8 Å². The summed E-state index contributed by atoms with van der Waals surface area (Å²) in [6.07, 6.45) is 0.993. The fourth-order valence-corrected chi connectivity index (χ4v) is 4.07. The van der Waals surface area contributed by atoms with Crippen LogP contribution in [0.2, 0.25) is 0 Å². The molecule has 2 N–H and O–H groups in total. The first-order valence-electron chi connectivity index (χ1n) is 10.9. The molecule has 0 radical (unpaired) electrons. The van der Waals surface area contributed by atoms with E-state index >= 15 is 0 Å². The van der Waals surface area contributed by atoms with Crippen molar-refractivity contribution in [2.75, 3.05) is 7.05 Å². The normalized spacial score (nSPS) is 20.2. The molecule has 3 amide bonds. The van der Waals surface area contributed by atoms with Crippen molar-refractivity contribution in [1.82, 2.24) is 15.5 Å². The van der Waals surface area contributed by atoms with Gasteiger partial charge in [-0.25, -0.2) is 4.79 Å². The topological polar surface area (TPSA) is 87.7 Å². The number of carbonyl (C=O) groups is 3. The molecule has 1 aliphatic rings. The zero-order valence-corrected chi connectivity index (χ0v) is 19.8. The molecule has 1 aromatic carbocycles. The van der Waals surface area contributed by atoms with Gasteiger partial charge >= 0.3 is 6.09 Å². The average molecular weight is 432 g/mol. The Balaban J connectivity index is 2.37. The molecule has 1 heterocycles. The molecule has 0 spiro atoms. The van der Waals surface area contributed by atoms with Crippen LogP contribution in [-0.2, 0) is 20.7 Å². The SMILES string of the molecule is CNC(=O)[C@@H]1CC[C@H](C(C)(C)C)N1C(=O)[C@H](Cc1ccccc1)NC(=O)OC(C)(C)C. The van der Waals surface area contributed by atoms with Gasteiger partial charge in [0.2, 0.25) is 11.8 Å². The Morgan fingerprint density at radius 2 is 1.68 bits per heavy atom. The largest absolute Gasteiger partial charge is 0.444 e. The number of likely N-dealkylation sites (N-methyl/N-ethyl adjacent to an activating group) is 1. The van der Waals surface area contributed by atoms with Crippen LogP contribution in [0.3, 0.4) is 0 Å². The highest BCUT2D eigenvalue weighted by Gasteiger charge is 2.47. The quantitative estimate of drug-likeness (QED) is 0.749. The van der Waals surface area contributed by atoms with E-state index < -0.39 is 23.8 Å². The number of nitrogens with zero attached hydrogens (tertiary/aromatic N) is 1. The third-order valence-electron chi connectivity index (χ3n) is 5.46. The number of carbonyl (C=O) groups excluding carboxylic acids is 3. The molecule has 0 bridgehead atoms. The van der Waals surface area contributed by atoms with Gasteiger partial charge in [0, 0.05) is 19.5 Å². The number of likely N-dealkylation sites (tertiary alicyclic amines) is 1. The standard InChI is InChI=1S/C24H37N3O4/c1-23(2,3)19-14-13-18(20(28)25-7)27(19)21(29)17(15-16-11-9-8-10-12-16)26-22(30)31-24(4,5)6/h8-12,17-19H,13-15H2,1-7H3,(H,25,28)(H,26,30)/t17-,18-,19+/m0/s1. The monoisotopic (exact) mass is 431 g/mol. The van der Waals surface area contributed by atoms with E-state index in [9.17, 15) is 14.4 Å². The van der Waals surface area contributed by atoms with Crippen LogP contribution in [0.1, 0.15) is 59.9 Å². The van der Waals surface area contributed by atoms with Crippen LogP contribution in [0.5, 0.6) is 0 Å². The van der Waals surface area contributed by atoms with Gasteiger partial charge in [0.05, 0.1) is 0 Å². The Kier molecular flexibility index (Phi) is 7.73. The first-order chi connectivity index (χ1) is 14.3. The van der Waals surface area contributed by atoms with Gasteiger partial charge in [-0.2, -0.15) is 0 Å². The van der Waals surface area contributed by atoms with Gasteiger partial charge in [-0.1, -0.05) is 51.1 Å². The van der Waals surface area contributed by atoms with Gasteiger partial charge in [0.25, 0.3) is 0 Å². The third-order valence-corrected chi connectivity index (χ3v) is 5.46. The second-order valence-electron chi connectivity index (χ2n) is 10.2. The number of rotatable bonds is 5. The molecule has 3 atom stereocenters. The lowest BCUT2D eigenvalue weighted by Gasteiger charge is -2.39. The van der Waals surface area contributed by atoms with Crippen molar-refractivity contribution in [3.8, 4) is 0 Å². The van der Waals surface area contributed by atoms with E-state index in [-0.39, 0.29) is 23.3 Å². The maximum Gasteiger partial charge on any atom is 0.408 e. The zero-order chi connectivity index (χ0) is 23.4. The maximum atomic E-state index is 13.8. The number of benzene rings is 1. The minimum absolute atomic E-state index is 0.110. The molecular formula is C24H37N3O4.